The molecule has 0 radical (unpaired) electrons. The lowest BCUT2D eigenvalue weighted by Gasteiger charge is -2.33. The molecule has 1 aliphatic heterocycles. The highest BCUT2D eigenvalue weighted by molar-refractivity contribution is 5.37. The molecule has 0 aromatic carbocycles. The van der Waals surface area contributed by atoms with Crippen molar-refractivity contribution >= 4 is 5.95 Å². The second-order valence-electron chi connectivity index (χ2n) is 4.10. The van der Waals surface area contributed by atoms with Crippen LogP contribution in [-0.2, 0) is 4.74 Å². The van der Waals surface area contributed by atoms with E-state index in [-0.39, 0.29) is 37.4 Å². The molecule has 9 heteroatoms. The van der Waals surface area contributed by atoms with Gasteiger partial charge < -0.3 is 19.1 Å². The van der Waals surface area contributed by atoms with Crippen LogP contribution in [-0.4, -0.2) is 56.2 Å². The van der Waals surface area contributed by atoms with Crippen molar-refractivity contribution in [3.05, 3.63) is 6.07 Å². The highest BCUT2D eigenvalue weighted by atomic mass is 19.4. The topological polar surface area (TPSA) is 56.7 Å². The van der Waals surface area contributed by atoms with E-state index in [2.05, 4.69) is 9.97 Å². The van der Waals surface area contributed by atoms with E-state index in [1.807, 2.05) is 0 Å². The van der Waals surface area contributed by atoms with Gasteiger partial charge in [-0.3, -0.25) is 0 Å². The molecule has 1 aromatic heterocycles. The third-order valence-electron chi connectivity index (χ3n) is 2.80. The molecule has 1 saturated heterocycles. The molecule has 2 heterocycles. The number of rotatable bonds is 3. The summed E-state index contributed by atoms with van der Waals surface area (Å²) in [5, 5.41) is 0. The van der Waals surface area contributed by atoms with E-state index < -0.39 is 12.3 Å². The molecule has 6 nitrogen and oxygen atoms in total. The van der Waals surface area contributed by atoms with E-state index in [1.54, 1.807) is 0 Å². The number of halogens is 3. The van der Waals surface area contributed by atoms with Crippen molar-refractivity contribution in [3.63, 3.8) is 0 Å². The van der Waals surface area contributed by atoms with Crippen LogP contribution in [0.2, 0.25) is 0 Å². The van der Waals surface area contributed by atoms with Crippen molar-refractivity contribution in [1.82, 2.24) is 9.97 Å². The first-order valence-corrected chi connectivity index (χ1v) is 5.84. The molecule has 2 rings (SSSR count). The van der Waals surface area contributed by atoms with Crippen LogP contribution in [0.15, 0.2) is 6.07 Å². The van der Waals surface area contributed by atoms with Crippen molar-refractivity contribution in [3.8, 4) is 11.8 Å². The Labute approximate surface area is 113 Å². The average Bonchev–Trinajstić information content (AvgIpc) is 2.46. The minimum absolute atomic E-state index is 0.0485. The number of alkyl halides is 3. The van der Waals surface area contributed by atoms with Gasteiger partial charge in [0.2, 0.25) is 17.7 Å². The van der Waals surface area contributed by atoms with Crippen molar-refractivity contribution < 1.29 is 27.4 Å². The normalized spacial score (nSPS) is 19.9. The van der Waals surface area contributed by atoms with Crippen LogP contribution in [0.1, 0.15) is 0 Å². The van der Waals surface area contributed by atoms with Crippen LogP contribution < -0.4 is 14.4 Å². The molecule has 1 atom stereocenters. The summed E-state index contributed by atoms with van der Waals surface area (Å²) in [4.78, 5) is 9.45. The zero-order valence-corrected chi connectivity index (χ0v) is 11.0. The van der Waals surface area contributed by atoms with Gasteiger partial charge in [-0.05, 0) is 0 Å². The number of hydrogen-bond donors (Lipinski definition) is 0. The monoisotopic (exact) mass is 293 g/mol. The molecular weight excluding hydrogens is 279 g/mol. The summed E-state index contributed by atoms with van der Waals surface area (Å²) in [6.45, 7) is -0.143. The number of morpholine rings is 1. The van der Waals surface area contributed by atoms with Gasteiger partial charge in [0.15, 0.2) is 6.10 Å². The maximum absolute atomic E-state index is 12.7. The third-order valence-corrected chi connectivity index (χ3v) is 2.80. The molecule has 0 unspecified atom stereocenters. The molecule has 1 fully saturated rings. The molecular formula is C11H14F3N3O3. The van der Waals surface area contributed by atoms with Crippen LogP contribution in [0.3, 0.4) is 0 Å². The van der Waals surface area contributed by atoms with Crippen LogP contribution in [0.25, 0.3) is 0 Å². The molecule has 112 valence electrons. The Bertz CT molecular complexity index is 448. The van der Waals surface area contributed by atoms with E-state index in [0.29, 0.717) is 0 Å². The van der Waals surface area contributed by atoms with E-state index in [9.17, 15) is 13.2 Å². The highest BCUT2D eigenvalue weighted by Crippen LogP contribution is 2.28. The maximum Gasteiger partial charge on any atom is 0.416 e. The number of nitrogens with zero attached hydrogens (tertiary/aromatic N) is 3. The first-order valence-electron chi connectivity index (χ1n) is 5.84. The predicted octanol–water partition coefficient (Wildman–Crippen LogP) is 1.26. The number of aromatic nitrogens is 2. The second kappa shape index (κ2) is 5.70. The molecule has 0 N–H and O–H groups in total. The van der Waals surface area contributed by atoms with Crippen molar-refractivity contribution in [1.29, 1.82) is 0 Å². The summed E-state index contributed by atoms with van der Waals surface area (Å²) >= 11 is 0. The van der Waals surface area contributed by atoms with Gasteiger partial charge in [-0.1, -0.05) is 0 Å². The SMILES string of the molecule is COc1cc(OC)nc(N2CCO[C@H](C(F)(F)F)C2)n1. The van der Waals surface area contributed by atoms with Crippen LogP contribution in [0.5, 0.6) is 11.8 Å². The Balaban J connectivity index is 2.22. The lowest BCUT2D eigenvalue weighted by molar-refractivity contribution is -0.221. The first kappa shape index (κ1) is 14.6. The quantitative estimate of drug-likeness (QED) is 0.836. The van der Waals surface area contributed by atoms with Crippen LogP contribution >= 0.6 is 0 Å². The van der Waals surface area contributed by atoms with Crippen molar-refractivity contribution in [2.75, 3.05) is 38.8 Å². The number of anilines is 1. The van der Waals surface area contributed by atoms with Gasteiger partial charge in [0.05, 0.1) is 33.4 Å². The van der Waals surface area contributed by atoms with Gasteiger partial charge in [0.25, 0.3) is 0 Å². The van der Waals surface area contributed by atoms with Gasteiger partial charge in [-0.25, -0.2) is 0 Å². The third kappa shape index (κ3) is 3.21. The van der Waals surface area contributed by atoms with E-state index in [1.165, 1.54) is 25.2 Å². The Morgan fingerprint density at radius 1 is 1.25 bits per heavy atom. The fourth-order valence-electron chi connectivity index (χ4n) is 1.77. The van der Waals surface area contributed by atoms with E-state index >= 15 is 0 Å². The molecule has 0 amide bonds. The minimum atomic E-state index is -4.42. The average molecular weight is 293 g/mol. The molecule has 0 saturated carbocycles. The smallest absolute Gasteiger partial charge is 0.416 e. The van der Waals surface area contributed by atoms with Gasteiger partial charge in [0, 0.05) is 6.54 Å². The zero-order chi connectivity index (χ0) is 14.8. The Kier molecular flexibility index (Phi) is 4.17. The largest absolute Gasteiger partial charge is 0.481 e. The summed E-state index contributed by atoms with van der Waals surface area (Å²) in [5.74, 6) is 0.572. The maximum atomic E-state index is 12.7. The Morgan fingerprint density at radius 2 is 1.85 bits per heavy atom. The molecule has 0 spiro atoms. The van der Waals surface area contributed by atoms with Crippen molar-refractivity contribution in [2.24, 2.45) is 0 Å². The number of hydrogen-bond acceptors (Lipinski definition) is 6. The summed E-state index contributed by atoms with van der Waals surface area (Å²) in [5.41, 5.74) is 0. The summed E-state index contributed by atoms with van der Waals surface area (Å²) in [6, 6.07) is 1.45. The van der Waals surface area contributed by atoms with Gasteiger partial charge in [-0.2, -0.15) is 23.1 Å². The number of ether oxygens (including phenoxy) is 3. The van der Waals surface area contributed by atoms with Crippen LogP contribution in [0, 0.1) is 0 Å². The first-order chi connectivity index (χ1) is 9.44. The van der Waals surface area contributed by atoms with E-state index in [4.69, 9.17) is 14.2 Å². The van der Waals surface area contributed by atoms with E-state index in [0.717, 1.165) is 0 Å². The van der Waals surface area contributed by atoms with Gasteiger partial charge in [-0.15, -0.1) is 0 Å². The Morgan fingerprint density at radius 3 is 2.35 bits per heavy atom. The number of methoxy groups -OCH3 is 2. The van der Waals surface area contributed by atoms with Gasteiger partial charge in [0.1, 0.15) is 0 Å². The predicted molar refractivity (Wildman–Crippen MR) is 63.1 cm³/mol. The Hall–Kier alpha value is -1.77. The molecule has 1 aliphatic rings. The lowest BCUT2D eigenvalue weighted by atomic mass is 10.3. The standard InChI is InChI=1S/C11H14F3N3O3/c1-18-8-5-9(19-2)16-10(15-8)17-3-4-20-7(6-17)11(12,13)14/h5,7H,3-4,6H2,1-2H3/t7-/m0/s1. The fraction of sp³-hybridized carbons (Fsp3) is 0.636. The van der Waals surface area contributed by atoms with Crippen molar-refractivity contribution in [2.45, 2.75) is 12.3 Å². The van der Waals surface area contributed by atoms with Crippen LogP contribution in [0.4, 0.5) is 19.1 Å². The lowest BCUT2D eigenvalue weighted by Crippen LogP contribution is -2.49. The minimum Gasteiger partial charge on any atom is -0.481 e. The molecule has 1 aromatic rings. The zero-order valence-electron chi connectivity index (χ0n) is 11.0. The summed E-state index contributed by atoms with van der Waals surface area (Å²) < 4.78 is 52.7. The summed E-state index contributed by atoms with van der Waals surface area (Å²) in [7, 11) is 2.81. The van der Waals surface area contributed by atoms with Gasteiger partial charge >= 0.3 is 6.18 Å². The molecule has 20 heavy (non-hydrogen) atoms. The molecule has 0 bridgehead atoms. The highest BCUT2D eigenvalue weighted by Gasteiger charge is 2.43. The summed E-state index contributed by atoms with van der Waals surface area (Å²) in [6.07, 6.45) is -6.27. The fourth-order valence-corrected chi connectivity index (χ4v) is 1.77. The molecule has 0 aliphatic carbocycles. The second-order valence-corrected chi connectivity index (χ2v) is 4.10.